The molecule has 0 aromatic heterocycles. The average Bonchev–Trinajstić information content (AvgIpc) is 2.93. The zero-order valence-electron chi connectivity index (χ0n) is 21.9. The molecule has 0 amide bonds. The van der Waals surface area contributed by atoms with Crippen LogP contribution in [0.2, 0.25) is 0 Å². The number of nitrogens with zero attached hydrogens (tertiary/aromatic N) is 1. The van der Waals surface area contributed by atoms with E-state index < -0.39 is 0 Å². The van der Waals surface area contributed by atoms with E-state index in [1.54, 1.807) is 14.2 Å². The van der Waals surface area contributed by atoms with Crippen LogP contribution in [0.4, 0.5) is 0 Å². The lowest BCUT2D eigenvalue weighted by Gasteiger charge is -2.28. The summed E-state index contributed by atoms with van der Waals surface area (Å²) in [6.07, 6.45) is 7.09. The molecule has 6 nitrogen and oxygen atoms in total. The van der Waals surface area contributed by atoms with Crippen LogP contribution in [0.5, 0.6) is 17.2 Å². The van der Waals surface area contributed by atoms with Gasteiger partial charge in [-0.3, -0.25) is 0 Å². The van der Waals surface area contributed by atoms with Crippen molar-refractivity contribution in [3.63, 3.8) is 0 Å². The summed E-state index contributed by atoms with van der Waals surface area (Å²) < 4.78 is 29.4. The van der Waals surface area contributed by atoms with Crippen LogP contribution in [0.25, 0.3) is 0 Å². The summed E-state index contributed by atoms with van der Waals surface area (Å²) in [4.78, 5) is 2.58. The third kappa shape index (κ3) is 9.92. The number of likely N-dealkylation sites (tertiary alicyclic amines) is 1. The van der Waals surface area contributed by atoms with E-state index in [-0.39, 0.29) is 6.10 Å². The number of methoxy groups -OCH3 is 2. The Morgan fingerprint density at radius 1 is 0.861 bits per heavy atom. The first-order valence-corrected chi connectivity index (χ1v) is 14.2. The standard InChI is InChI=1S/C29H42BrNO5/c1-32-27-20-25(22-34-19-14-30)21-28(29(27)33-2)35-18-9-12-26(13-17-31-15-7-4-8-16-31)36-23-24-10-5-3-6-11-24/h3,5-6,10-11,20-21,26H,4,7-9,12-19,22-23H2,1-2H3. The third-order valence-corrected chi connectivity index (χ3v) is 6.79. The molecule has 0 bridgehead atoms. The second kappa shape index (κ2) is 16.8. The molecule has 0 N–H and O–H groups in total. The quantitative estimate of drug-likeness (QED) is 0.168. The van der Waals surface area contributed by atoms with Gasteiger partial charge < -0.3 is 28.6 Å². The van der Waals surface area contributed by atoms with Crippen molar-refractivity contribution in [3.8, 4) is 17.2 Å². The van der Waals surface area contributed by atoms with E-state index in [1.807, 2.05) is 18.2 Å². The van der Waals surface area contributed by atoms with Crippen molar-refractivity contribution in [1.29, 1.82) is 0 Å². The first kappa shape index (κ1) is 28.8. The molecule has 2 aromatic carbocycles. The highest BCUT2D eigenvalue weighted by atomic mass is 79.9. The van der Waals surface area contributed by atoms with Gasteiger partial charge >= 0.3 is 0 Å². The van der Waals surface area contributed by atoms with Crippen LogP contribution < -0.4 is 14.2 Å². The molecule has 2 aromatic rings. The Morgan fingerprint density at radius 2 is 1.64 bits per heavy atom. The second-order valence-electron chi connectivity index (χ2n) is 9.17. The van der Waals surface area contributed by atoms with Crippen molar-refractivity contribution in [2.45, 2.75) is 57.8 Å². The van der Waals surface area contributed by atoms with Crippen LogP contribution in [0, 0.1) is 0 Å². The third-order valence-electron chi connectivity index (χ3n) is 6.47. The molecule has 3 rings (SSSR count). The number of halogens is 1. The normalized spacial score (nSPS) is 15.0. The highest BCUT2D eigenvalue weighted by Crippen LogP contribution is 2.38. The summed E-state index contributed by atoms with van der Waals surface area (Å²) in [6, 6.07) is 14.3. The van der Waals surface area contributed by atoms with Crippen LogP contribution in [0.1, 0.15) is 49.7 Å². The minimum absolute atomic E-state index is 0.205. The van der Waals surface area contributed by atoms with E-state index in [1.165, 1.54) is 37.9 Å². The molecule has 0 saturated carbocycles. The molecule has 1 heterocycles. The van der Waals surface area contributed by atoms with Crippen LogP contribution in [-0.4, -0.2) is 63.4 Å². The van der Waals surface area contributed by atoms with E-state index in [4.69, 9.17) is 23.7 Å². The Labute approximate surface area is 225 Å². The molecule has 0 spiro atoms. The van der Waals surface area contributed by atoms with E-state index in [2.05, 4.69) is 45.1 Å². The van der Waals surface area contributed by atoms with Gasteiger partial charge in [-0.1, -0.05) is 52.7 Å². The molecular formula is C29H42BrNO5. The molecular weight excluding hydrogens is 522 g/mol. The van der Waals surface area contributed by atoms with Gasteiger partial charge in [0.25, 0.3) is 0 Å². The summed E-state index contributed by atoms with van der Waals surface area (Å²) in [5, 5.41) is 0.801. The first-order chi connectivity index (χ1) is 17.7. The molecule has 0 aliphatic carbocycles. The summed E-state index contributed by atoms with van der Waals surface area (Å²) in [5.74, 6) is 1.95. The smallest absolute Gasteiger partial charge is 0.203 e. The number of piperidine rings is 1. The highest BCUT2D eigenvalue weighted by Gasteiger charge is 2.17. The maximum Gasteiger partial charge on any atom is 0.203 e. The van der Waals surface area contributed by atoms with Crippen molar-refractivity contribution in [3.05, 3.63) is 53.6 Å². The summed E-state index contributed by atoms with van der Waals surface area (Å²) in [5.41, 5.74) is 2.21. The van der Waals surface area contributed by atoms with Gasteiger partial charge in [-0.25, -0.2) is 0 Å². The number of benzene rings is 2. The van der Waals surface area contributed by atoms with Gasteiger partial charge in [0.05, 0.1) is 46.8 Å². The fourth-order valence-electron chi connectivity index (χ4n) is 4.52. The van der Waals surface area contributed by atoms with Gasteiger partial charge in [0.1, 0.15) is 0 Å². The largest absolute Gasteiger partial charge is 0.493 e. The summed E-state index contributed by atoms with van der Waals surface area (Å²) in [6.45, 7) is 5.90. The van der Waals surface area contributed by atoms with Crippen LogP contribution in [-0.2, 0) is 22.7 Å². The number of alkyl halides is 1. The second-order valence-corrected chi connectivity index (χ2v) is 9.96. The predicted molar refractivity (Wildman–Crippen MR) is 148 cm³/mol. The Bertz CT molecular complexity index is 860. The van der Waals surface area contributed by atoms with Crippen LogP contribution in [0.3, 0.4) is 0 Å². The van der Waals surface area contributed by atoms with Crippen molar-refractivity contribution in [2.24, 2.45) is 0 Å². The molecule has 0 radical (unpaired) electrons. The van der Waals surface area contributed by atoms with Crippen LogP contribution in [0.15, 0.2) is 42.5 Å². The van der Waals surface area contributed by atoms with Crippen molar-refractivity contribution in [2.75, 3.05) is 52.4 Å². The SMILES string of the molecule is COc1cc(COCCBr)cc(OCCCC(CCN2CCCCC2)OCc2ccccc2)c1OC. The fraction of sp³-hybridized carbons (Fsp3) is 0.586. The molecule has 1 fully saturated rings. The molecule has 7 heteroatoms. The fourth-order valence-corrected chi connectivity index (χ4v) is 4.75. The topological polar surface area (TPSA) is 49.4 Å². The number of hydrogen-bond acceptors (Lipinski definition) is 6. The van der Waals surface area contributed by atoms with Gasteiger partial charge in [0, 0.05) is 11.9 Å². The predicted octanol–water partition coefficient (Wildman–Crippen LogP) is 6.24. The van der Waals surface area contributed by atoms with E-state index in [9.17, 15) is 0 Å². The van der Waals surface area contributed by atoms with Gasteiger partial charge in [0.2, 0.25) is 5.75 Å². The molecule has 1 saturated heterocycles. The monoisotopic (exact) mass is 563 g/mol. The van der Waals surface area contributed by atoms with Crippen LogP contribution >= 0.6 is 15.9 Å². The molecule has 36 heavy (non-hydrogen) atoms. The number of hydrogen-bond donors (Lipinski definition) is 0. The van der Waals surface area contributed by atoms with Gasteiger partial charge in [0.15, 0.2) is 11.5 Å². The highest BCUT2D eigenvalue weighted by molar-refractivity contribution is 9.09. The average molecular weight is 565 g/mol. The molecule has 1 atom stereocenters. The Balaban J connectivity index is 1.54. The Hall–Kier alpha value is -1.80. The lowest BCUT2D eigenvalue weighted by molar-refractivity contribution is 0.0182. The van der Waals surface area contributed by atoms with E-state index in [0.29, 0.717) is 43.7 Å². The number of ether oxygens (including phenoxy) is 5. The van der Waals surface area contributed by atoms with Crippen molar-refractivity contribution >= 4 is 15.9 Å². The molecule has 1 aliphatic rings. The Morgan fingerprint density at radius 3 is 2.36 bits per heavy atom. The zero-order chi connectivity index (χ0) is 25.4. The van der Waals surface area contributed by atoms with Gasteiger partial charge in [-0.05, 0) is 68.5 Å². The Kier molecular flexibility index (Phi) is 13.5. The van der Waals surface area contributed by atoms with E-state index >= 15 is 0 Å². The van der Waals surface area contributed by atoms with Gasteiger partial charge in [-0.15, -0.1) is 0 Å². The minimum atomic E-state index is 0.205. The summed E-state index contributed by atoms with van der Waals surface area (Å²) in [7, 11) is 3.28. The maximum absolute atomic E-state index is 6.38. The minimum Gasteiger partial charge on any atom is -0.493 e. The summed E-state index contributed by atoms with van der Waals surface area (Å²) >= 11 is 3.39. The van der Waals surface area contributed by atoms with Gasteiger partial charge in [-0.2, -0.15) is 0 Å². The van der Waals surface area contributed by atoms with Crippen molar-refractivity contribution in [1.82, 2.24) is 4.90 Å². The molecule has 200 valence electrons. The number of rotatable bonds is 17. The first-order valence-electron chi connectivity index (χ1n) is 13.1. The lowest BCUT2D eigenvalue weighted by atomic mass is 10.1. The molecule has 1 aliphatic heterocycles. The lowest BCUT2D eigenvalue weighted by Crippen LogP contribution is -2.33. The van der Waals surface area contributed by atoms with E-state index in [0.717, 1.165) is 36.7 Å². The van der Waals surface area contributed by atoms with Crippen molar-refractivity contribution < 1.29 is 23.7 Å². The molecule has 1 unspecified atom stereocenters. The zero-order valence-corrected chi connectivity index (χ0v) is 23.5. The maximum atomic E-state index is 6.38.